The number of hydrogen-bond acceptors (Lipinski definition) is 4. The van der Waals surface area contributed by atoms with Gasteiger partial charge < -0.3 is 9.84 Å². The van der Waals surface area contributed by atoms with Crippen molar-refractivity contribution in [3.05, 3.63) is 63.6 Å². The lowest BCUT2D eigenvalue weighted by molar-refractivity contribution is -0.164. The average molecular weight is 465 g/mol. The summed E-state index contributed by atoms with van der Waals surface area (Å²) in [5.41, 5.74) is -3.84. The summed E-state index contributed by atoms with van der Waals surface area (Å²) in [5, 5.41) is 14.1. The van der Waals surface area contributed by atoms with E-state index in [4.69, 9.17) is 27.9 Å². The number of carbonyl (C=O) groups excluding carboxylic acids is 1. The average Bonchev–Trinajstić information content (AvgIpc) is 3.08. The molecule has 1 amide bonds. The molecule has 1 atom stereocenters. The van der Waals surface area contributed by atoms with Crippen LogP contribution in [0.4, 0.5) is 17.6 Å². The van der Waals surface area contributed by atoms with Crippen molar-refractivity contribution in [2.24, 2.45) is 5.10 Å². The minimum Gasteiger partial charge on any atom is -0.487 e. The number of carbonyl (C=O) groups is 1. The number of hydrogen-bond donors (Lipinski definition) is 1. The van der Waals surface area contributed by atoms with E-state index in [1.807, 2.05) is 0 Å². The van der Waals surface area contributed by atoms with Gasteiger partial charge in [-0.2, -0.15) is 10.1 Å². The molecule has 0 aromatic heterocycles. The van der Waals surface area contributed by atoms with Crippen LogP contribution in [0.25, 0.3) is 0 Å². The Morgan fingerprint density at radius 2 is 1.93 bits per heavy atom. The molecule has 0 saturated heterocycles. The maximum atomic E-state index is 13.3. The van der Waals surface area contributed by atoms with E-state index < -0.39 is 36.6 Å². The van der Waals surface area contributed by atoms with E-state index in [1.165, 1.54) is 30.3 Å². The Bertz CT molecular complexity index is 990. The Morgan fingerprint density at radius 1 is 1.20 bits per heavy atom. The molecule has 1 aliphatic rings. The van der Waals surface area contributed by atoms with Crippen molar-refractivity contribution in [1.82, 2.24) is 5.01 Å². The maximum absolute atomic E-state index is 13.3. The number of halogens is 6. The normalized spacial score (nSPS) is 18.8. The first-order valence-corrected chi connectivity index (χ1v) is 9.25. The Balaban J connectivity index is 1.82. The van der Waals surface area contributed by atoms with Gasteiger partial charge in [-0.05, 0) is 29.8 Å². The number of nitrogens with zero attached hydrogens (tertiary/aromatic N) is 2. The third-order valence-corrected chi connectivity index (χ3v) is 4.84. The lowest BCUT2D eigenvalue weighted by Gasteiger charge is -2.30. The van der Waals surface area contributed by atoms with E-state index in [0.717, 1.165) is 0 Å². The van der Waals surface area contributed by atoms with Gasteiger partial charge in [0.1, 0.15) is 18.1 Å². The molecule has 0 bridgehead atoms. The molecule has 1 heterocycles. The fraction of sp³-hybridized carbons (Fsp3) is 0.263. The maximum Gasteiger partial charge on any atom is 0.287 e. The van der Waals surface area contributed by atoms with Crippen molar-refractivity contribution in [1.29, 1.82) is 0 Å². The molecule has 2 aromatic carbocycles. The summed E-state index contributed by atoms with van der Waals surface area (Å²) >= 11 is 11.9. The predicted octanol–water partition coefficient (Wildman–Crippen LogP) is 4.99. The van der Waals surface area contributed by atoms with Crippen LogP contribution in [0.15, 0.2) is 47.6 Å². The van der Waals surface area contributed by atoms with Gasteiger partial charge in [0.05, 0.1) is 5.02 Å². The molecular formula is C19H14Cl2F4N2O3. The molecule has 0 saturated carbocycles. The van der Waals surface area contributed by atoms with Crippen LogP contribution in [0.2, 0.25) is 10.0 Å². The highest BCUT2D eigenvalue weighted by atomic mass is 35.5. The summed E-state index contributed by atoms with van der Waals surface area (Å²) in [6.45, 7) is -0.0498. The highest BCUT2D eigenvalue weighted by Gasteiger charge is 2.53. The van der Waals surface area contributed by atoms with E-state index in [2.05, 4.69) is 5.10 Å². The monoisotopic (exact) mass is 464 g/mol. The van der Waals surface area contributed by atoms with Gasteiger partial charge in [0, 0.05) is 23.1 Å². The van der Waals surface area contributed by atoms with Crippen LogP contribution in [-0.4, -0.2) is 40.3 Å². The molecule has 0 aliphatic carbocycles. The second-order valence-electron chi connectivity index (χ2n) is 6.43. The molecule has 0 unspecified atom stereocenters. The molecule has 0 fully saturated rings. The first-order chi connectivity index (χ1) is 14.1. The number of aliphatic hydroxyl groups is 1. The molecule has 1 aliphatic heterocycles. The fourth-order valence-corrected chi connectivity index (χ4v) is 3.10. The molecule has 1 N–H and O–H groups in total. The molecule has 0 spiro atoms. The molecule has 5 nitrogen and oxygen atoms in total. The van der Waals surface area contributed by atoms with E-state index in [0.29, 0.717) is 21.4 Å². The third-order valence-electron chi connectivity index (χ3n) is 4.29. The quantitative estimate of drug-likeness (QED) is 0.612. The van der Waals surface area contributed by atoms with Crippen molar-refractivity contribution >= 4 is 34.8 Å². The van der Waals surface area contributed by atoms with Gasteiger partial charge >= 0.3 is 0 Å². The smallest absolute Gasteiger partial charge is 0.287 e. The van der Waals surface area contributed by atoms with Gasteiger partial charge in [-0.3, -0.25) is 4.79 Å². The summed E-state index contributed by atoms with van der Waals surface area (Å²) < 4.78 is 58.1. The van der Waals surface area contributed by atoms with Crippen molar-refractivity contribution in [3.8, 4) is 5.75 Å². The number of ether oxygens (including phenoxy) is 1. The topological polar surface area (TPSA) is 62.1 Å². The van der Waals surface area contributed by atoms with Gasteiger partial charge in [0.25, 0.3) is 18.8 Å². The minimum atomic E-state index is -3.50. The Labute approximate surface area is 178 Å². The zero-order valence-electron chi connectivity index (χ0n) is 15.0. The molecule has 11 heteroatoms. The minimum absolute atomic E-state index is 0.00691. The zero-order valence-corrected chi connectivity index (χ0v) is 16.5. The van der Waals surface area contributed by atoms with Gasteiger partial charge in [0.15, 0.2) is 0 Å². The molecule has 2 aromatic rings. The summed E-state index contributed by atoms with van der Waals surface area (Å²) in [5.74, 6) is -0.866. The number of amides is 1. The van der Waals surface area contributed by atoms with Gasteiger partial charge in [-0.1, -0.05) is 35.3 Å². The molecule has 3 rings (SSSR count). The van der Waals surface area contributed by atoms with E-state index in [1.54, 1.807) is 12.1 Å². The third kappa shape index (κ3) is 4.53. The predicted molar refractivity (Wildman–Crippen MR) is 102 cm³/mol. The number of hydrazone groups is 1. The first-order valence-electron chi connectivity index (χ1n) is 8.49. The second kappa shape index (κ2) is 8.79. The summed E-state index contributed by atoms with van der Waals surface area (Å²) in [7, 11) is 0. The van der Waals surface area contributed by atoms with E-state index in [9.17, 15) is 27.5 Å². The van der Waals surface area contributed by atoms with Gasteiger partial charge in [-0.25, -0.2) is 17.6 Å². The van der Waals surface area contributed by atoms with Crippen molar-refractivity contribution in [2.45, 2.75) is 31.6 Å². The summed E-state index contributed by atoms with van der Waals surface area (Å²) in [6, 6.07) is 10.2. The van der Waals surface area contributed by atoms with Gasteiger partial charge in [0.2, 0.25) is 5.72 Å². The van der Waals surface area contributed by atoms with Crippen LogP contribution in [0.5, 0.6) is 5.75 Å². The standard InChI is InChI=1S/C19H14Cl2F4N2O3/c20-12-4-5-13(21)15(7-12)30-9-10-2-1-3-11(6-10)17(28)27-19(29,18(24)25)8-14(26-27)16(22)23/h1-7,16,18,29H,8-9H2/t19-/m0/s1. The summed E-state index contributed by atoms with van der Waals surface area (Å²) in [6.07, 6.45) is -7.84. The highest BCUT2D eigenvalue weighted by Crippen LogP contribution is 2.34. The SMILES string of the molecule is O=C(c1cccc(COc2cc(Cl)ccc2Cl)c1)N1N=C(C(F)F)C[C@]1(O)C(F)F. The second-order valence-corrected chi connectivity index (χ2v) is 7.27. The molecule has 30 heavy (non-hydrogen) atoms. The fourth-order valence-electron chi connectivity index (χ4n) is 2.77. The van der Waals surface area contributed by atoms with Crippen molar-refractivity contribution in [2.75, 3.05) is 0 Å². The molecular weight excluding hydrogens is 451 g/mol. The lowest BCUT2D eigenvalue weighted by atomic mass is 10.1. The Morgan fingerprint density at radius 3 is 2.60 bits per heavy atom. The van der Waals surface area contributed by atoms with E-state index in [-0.39, 0.29) is 17.2 Å². The molecule has 0 radical (unpaired) electrons. The largest absolute Gasteiger partial charge is 0.487 e. The number of rotatable bonds is 6. The van der Waals surface area contributed by atoms with Crippen molar-refractivity contribution in [3.63, 3.8) is 0 Å². The van der Waals surface area contributed by atoms with Crippen LogP contribution in [-0.2, 0) is 6.61 Å². The summed E-state index contributed by atoms with van der Waals surface area (Å²) in [4.78, 5) is 12.7. The zero-order chi connectivity index (χ0) is 22.1. The number of alkyl halides is 4. The number of benzene rings is 2. The van der Waals surface area contributed by atoms with Crippen LogP contribution < -0.4 is 4.74 Å². The Hall–Kier alpha value is -2.36. The van der Waals surface area contributed by atoms with Crippen molar-refractivity contribution < 1.29 is 32.2 Å². The highest BCUT2D eigenvalue weighted by molar-refractivity contribution is 6.34. The van der Waals surface area contributed by atoms with E-state index >= 15 is 0 Å². The first kappa shape index (κ1) is 22.3. The van der Waals surface area contributed by atoms with Crippen LogP contribution >= 0.6 is 23.2 Å². The Kier molecular flexibility index (Phi) is 6.54. The van der Waals surface area contributed by atoms with Crippen LogP contribution in [0.3, 0.4) is 0 Å². The lowest BCUT2D eigenvalue weighted by Crippen LogP contribution is -2.51. The van der Waals surface area contributed by atoms with Gasteiger partial charge in [-0.15, -0.1) is 0 Å². The van der Waals surface area contributed by atoms with Crippen LogP contribution in [0.1, 0.15) is 22.3 Å². The van der Waals surface area contributed by atoms with Crippen LogP contribution in [0, 0.1) is 0 Å². The molecule has 160 valence electrons.